The van der Waals surface area contributed by atoms with Crippen molar-refractivity contribution in [1.29, 1.82) is 0 Å². The first-order valence-electron chi connectivity index (χ1n) is 8.83. The maximum atomic E-state index is 12.5. The van der Waals surface area contributed by atoms with Gasteiger partial charge in [0.25, 0.3) is 0 Å². The fraction of sp³-hybridized carbons (Fsp3) is 0.316. The van der Waals surface area contributed by atoms with Crippen LogP contribution in [0.5, 0.6) is 0 Å². The van der Waals surface area contributed by atoms with Crippen LogP contribution >= 0.6 is 0 Å². The highest BCUT2D eigenvalue weighted by molar-refractivity contribution is 5.90. The van der Waals surface area contributed by atoms with Crippen molar-refractivity contribution >= 4 is 11.7 Å². The minimum absolute atomic E-state index is 0.120. The largest absolute Gasteiger partial charge is 0.464 e. The first-order chi connectivity index (χ1) is 12.7. The quantitative estimate of drug-likeness (QED) is 0.707. The summed E-state index contributed by atoms with van der Waals surface area (Å²) < 4.78 is 7.25. The molecule has 2 amide bonds. The van der Waals surface area contributed by atoms with Gasteiger partial charge in [-0.25, -0.2) is 14.5 Å². The van der Waals surface area contributed by atoms with Crippen LogP contribution < -0.4 is 10.6 Å². The van der Waals surface area contributed by atoms with Crippen LogP contribution in [0.15, 0.2) is 53.4 Å². The number of urea groups is 1. The Kier molecular flexibility index (Phi) is 4.43. The molecule has 0 aliphatic heterocycles. The number of nitrogens with one attached hydrogen (secondary N) is 2. The van der Waals surface area contributed by atoms with Gasteiger partial charge < -0.3 is 15.1 Å². The molecule has 0 radical (unpaired) electrons. The van der Waals surface area contributed by atoms with Crippen LogP contribution in [0.25, 0.3) is 11.3 Å². The fourth-order valence-electron chi connectivity index (χ4n) is 3.08. The molecule has 4 rings (SSSR count). The molecule has 2 aromatic heterocycles. The number of hydrogen-bond donors (Lipinski definition) is 2. The minimum atomic E-state index is -0.246. The van der Waals surface area contributed by atoms with Gasteiger partial charge in [0.1, 0.15) is 17.9 Å². The van der Waals surface area contributed by atoms with E-state index in [2.05, 4.69) is 20.7 Å². The molecule has 0 bridgehead atoms. The Hall–Kier alpha value is -3.09. The van der Waals surface area contributed by atoms with Crippen molar-refractivity contribution < 1.29 is 9.21 Å². The Morgan fingerprint density at radius 3 is 2.96 bits per heavy atom. The summed E-state index contributed by atoms with van der Waals surface area (Å²) in [5, 5.41) is 10.2. The lowest BCUT2D eigenvalue weighted by molar-refractivity contribution is 0.246. The van der Waals surface area contributed by atoms with E-state index < -0.39 is 0 Å². The second-order valence-electron chi connectivity index (χ2n) is 6.41. The predicted octanol–water partition coefficient (Wildman–Crippen LogP) is 3.83. The van der Waals surface area contributed by atoms with E-state index in [0.29, 0.717) is 11.6 Å². The molecule has 1 aliphatic rings. The number of nitrogens with zero attached hydrogens (tertiary/aromatic N) is 3. The van der Waals surface area contributed by atoms with Gasteiger partial charge in [-0.2, -0.15) is 5.10 Å². The molecule has 2 heterocycles. The standard InChI is InChI=1S/C19H21N5O2/c1-2-24-18(20-12-21-24)17(13-8-9-13)23-19(25)22-15-6-3-5-14(11-15)16-7-4-10-26-16/h3-7,10-13,17H,2,8-9H2,1H3,(H2,22,23,25)/t17-/m1/s1. The summed E-state index contributed by atoms with van der Waals surface area (Å²) in [6.45, 7) is 2.75. The van der Waals surface area contributed by atoms with Gasteiger partial charge >= 0.3 is 6.03 Å². The molecule has 3 aromatic rings. The van der Waals surface area contributed by atoms with Crippen LogP contribution in [0.1, 0.15) is 31.6 Å². The van der Waals surface area contributed by atoms with Gasteiger partial charge in [0.15, 0.2) is 0 Å². The molecule has 134 valence electrons. The molecule has 7 nitrogen and oxygen atoms in total. The minimum Gasteiger partial charge on any atom is -0.464 e. The monoisotopic (exact) mass is 351 g/mol. The Morgan fingerprint density at radius 2 is 2.23 bits per heavy atom. The van der Waals surface area contributed by atoms with Crippen molar-refractivity contribution in [2.75, 3.05) is 5.32 Å². The maximum absolute atomic E-state index is 12.5. The van der Waals surface area contributed by atoms with E-state index in [1.54, 1.807) is 12.6 Å². The van der Waals surface area contributed by atoms with E-state index in [-0.39, 0.29) is 12.1 Å². The topological polar surface area (TPSA) is 85.0 Å². The second kappa shape index (κ2) is 7.03. The van der Waals surface area contributed by atoms with E-state index in [0.717, 1.165) is 36.5 Å². The van der Waals surface area contributed by atoms with Gasteiger partial charge in [-0.05, 0) is 49.9 Å². The molecule has 0 unspecified atom stereocenters. The van der Waals surface area contributed by atoms with Gasteiger partial charge in [0, 0.05) is 17.8 Å². The van der Waals surface area contributed by atoms with Crippen molar-refractivity contribution in [3.63, 3.8) is 0 Å². The summed E-state index contributed by atoms with van der Waals surface area (Å²) in [6, 6.07) is 10.9. The number of hydrogen-bond acceptors (Lipinski definition) is 4. The molecular weight excluding hydrogens is 330 g/mol. The molecule has 1 aromatic carbocycles. The van der Waals surface area contributed by atoms with Crippen LogP contribution in [0, 0.1) is 5.92 Å². The first-order valence-corrected chi connectivity index (χ1v) is 8.83. The van der Waals surface area contributed by atoms with Crippen molar-refractivity contribution in [3.8, 4) is 11.3 Å². The van der Waals surface area contributed by atoms with Gasteiger partial charge in [-0.3, -0.25) is 0 Å². The lowest BCUT2D eigenvalue weighted by Gasteiger charge is -2.18. The molecule has 1 atom stereocenters. The van der Waals surface area contributed by atoms with Crippen LogP contribution in [0.3, 0.4) is 0 Å². The van der Waals surface area contributed by atoms with Crippen molar-refractivity contribution in [1.82, 2.24) is 20.1 Å². The highest BCUT2D eigenvalue weighted by Crippen LogP contribution is 2.40. The number of aromatic nitrogens is 3. The molecule has 7 heteroatoms. The Bertz CT molecular complexity index is 883. The SMILES string of the molecule is CCn1ncnc1[C@H](NC(=O)Nc1cccc(-c2ccco2)c1)C1CC1. The average Bonchev–Trinajstić information content (AvgIpc) is 3.15. The third-order valence-electron chi connectivity index (χ3n) is 4.53. The van der Waals surface area contributed by atoms with Crippen LogP contribution in [0.4, 0.5) is 10.5 Å². The molecule has 0 saturated heterocycles. The average molecular weight is 351 g/mol. The number of benzene rings is 1. The van der Waals surface area contributed by atoms with Gasteiger partial charge in [0.05, 0.1) is 12.3 Å². The zero-order valence-electron chi connectivity index (χ0n) is 14.6. The molecule has 1 saturated carbocycles. The highest BCUT2D eigenvalue weighted by atomic mass is 16.3. The van der Waals surface area contributed by atoms with E-state index in [1.807, 2.05) is 48.0 Å². The summed E-state index contributed by atoms with van der Waals surface area (Å²) >= 11 is 0. The zero-order valence-corrected chi connectivity index (χ0v) is 14.6. The number of amides is 2. The number of anilines is 1. The number of carbonyl (C=O) groups excluding carboxylic acids is 1. The van der Waals surface area contributed by atoms with E-state index in [9.17, 15) is 4.79 Å². The highest BCUT2D eigenvalue weighted by Gasteiger charge is 2.36. The van der Waals surface area contributed by atoms with E-state index in [1.165, 1.54) is 0 Å². The third-order valence-corrected chi connectivity index (χ3v) is 4.53. The fourth-order valence-corrected chi connectivity index (χ4v) is 3.08. The summed E-state index contributed by atoms with van der Waals surface area (Å²) in [5.41, 5.74) is 1.63. The van der Waals surface area contributed by atoms with Crippen molar-refractivity contribution in [2.24, 2.45) is 5.92 Å². The smallest absolute Gasteiger partial charge is 0.319 e. The summed E-state index contributed by atoms with van der Waals surface area (Å²) in [4.78, 5) is 16.9. The Morgan fingerprint density at radius 1 is 1.35 bits per heavy atom. The second-order valence-corrected chi connectivity index (χ2v) is 6.41. The molecule has 2 N–H and O–H groups in total. The Labute approximate surface area is 151 Å². The predicted molar refractivity (Wildman–Crippen MR) is 97.5 cm³/mol. The van der Waals surface area contributed by atoms with Crippen LogP contribution in [0.2, 0.25) is 0 Å². The number of aryl methyl sites for hydroxylation is 1. The molecule has 0 spiro atoms. The number of rotatable bonds is 6. The third kappa shape index (κ3) is 3.46. The summed E-state index contributed by atoms with van der Waals surface area (Å²) in [7, 11) is 0. The van der Waals surface area contributed by atoms with Gasteiger partial charge in [-0.15, -0.1) is 0 Å². The number of carbonyl (C=O) groups is 1. The zero-order chi connectivity index (χ0) is 17.9. The van der Waals surface area contributed by atoms with E-state index in [4.69, 9.17) is 4.42 Å². The van der Waals surface area contributed by atoms with Gasteiger partial charge in [-0.1, -0.05) is 12.1 Å². The van der Waals surface area contributed by atoms with Crippen molar-refractivity contribution in [3.05, 3.63) is 54.8 Å². The van der Waals surface area contributed by atoms with Crippen LogP contribution in [-0.4, -0.2) is 20.8 Å². The number of furan rings is 1. The van der Waals surface area contributed by atoms with Crippen LogP contribution in [-0.2, 0) is 6.54 Å². The first kappa shape index (κ1) is 16.4. The van der Waals surface area contributed by atoms with E-state index >= 15 is 0 Å². The molecule has 26 heavy (non-hydrogen) atoms. The maximum Gasteiger partial charge on any atom is 0.319 e. The summed E-state index contributed by atoms with van der Waals surface area (Å²) in [6.07, 6.45) is 5.36. The summed E-state index contributed by atoms with van der Waals surface area (Å²) in [5.74, 6) is 2.00. The normalized spacial score (nSPS) is 14.8. The molecular formula is C19H21N5O2. The Balaban J connectivity index is 1.47. The van der Waals surface area contributed by atoms with Crippen molar-refractivity contribution in [2.45, 2.75) is 32.4 Å². The lowest BCUT2D eigenvalue weighted by Crippen LogP contribution is -2.35. The molecule has 1 aliphatic carbocycles. The molecule has 1 fully saturated rings. The van der Waals surface area contributed by atoms with Gasteiger partial charge in [0.2, 0.25) is 0 Å². The lowest BCUT2D eigenvalue weighted by atomic mass is 10.1.